The lowest BCUT2D eigenvalue weighted by molar-refractivity contribution is -0.137. The van der Waals surface area contributed by atoms with Crippen molar-refractivity contribution in [3.8, 4) is 11.4 Å². The zero-order valence-electron chi connectivity index (χ0n) is 24.5. The number of hydrogen-bond acceptors (Lipinski definition) is 5. The van der Waals surface area contributed by atoms with Gasteiger partial charge in [-0.1, -0.05) is 26.0 Å². The van der Waals surface area contributed by atoms with E-state index in [9.17, 15) is 22.8 Å². The van der Waals surface area contributed by atoms with Gasteiger partial charge < -0.3 is 25.4 Å². The Morgan fingerprint density at radius 1 is 1.09 bits per heavy atom. The number of nitrogens with one attached hydrogen (secondary N) is 3. The predicted molar refractivity (Wildman–Crippen MR) is 162 cm³/mol. The van der Waals surface area contributed by atoms with Gasteiger partial charge in [-0.25, -0.2) is 4.98 Å². The summed E-state index contributed by atoms with van der Waals surface area (Å²) in [7, 11) is 4.07. The number of hydrogen-bond donors (Lipinski definition) is 3. The highest BCUT2D eigenvalue weighted by Gasteiger charge is 2.34. The van der Waals surface area contributed by atoms with Crippen LogP contribution in [0.25, 0.3) is 22.4 Å². The number of anilines is 2. The van der Waals surface area contributed by atoms with E-state index >= 15 is 0 Å². The third kappa shape index (κ3) is 6.51. The molecule has 0 radical (unpaired) electrons. The number of rotatable bonds is 9. The molecule has 1 aliphatic heterocycles. The first-order valence-electron chi connectivity index (χ1n) is 14.2. The Balaban J connectivity index is 1.46. The Hall–Kier alpha value is -4.38. The van der Waals surface area contributed by atoms with E-state index in [0.717, 1.165) is 42.9 Å². The number of halogens is 3. The summed E-state index contributed by atoms with van der Waals surface area (Å²) in [4.78, 5) is 33.5. The van der Waals surface area contributed by atoms with Crippen LogP contribution in [0.3, 0.4) is 0 Å². The SMILES string of the molecule is CC(C)[C@@H]1C(=O)Nc2ccc(NCCCN(C)C)cc2-c2nc3cc(C(=O)NCc4cccc(C(F)(F)F)c4)ccc3n21. The van der Waals surface area contributed by atoms with Gasteiger partial charge in [0.05, 0.1) is 22.3 Å². The number of carbonyl (C=O) groups excluding carboxylic acids is 2. The molecule has 3 aromatic carbocycles. The fourth-order valence-corrected chi connectivity index (χ4v) is 5.35. The molecule has 2 amide bonds. The molecule has 1 atom stereocenters. The number of nitrogens with zero attached hydrogens (tertiary/aromatic N) is 3. The van der Waals surface area contributed by atoms with Crippen molar-refractivity contribution < 1.29 is 22.8 Å². The van der Waals surface area contributed by atoms with E-state index < -0.39 is 23.7 Å². The third-order valence-corrected chi connectivity index (χ3v) is 7.47. The van der Waals surface area contributed by atoms with Gasteiger partial charge in [0.15, 0.2) is 0 Å². The zero-order chi connectivity index (χ0) is 30.9. The van der Waals surface area contributed by atoms with E-state index in [-0.39, 0.29) is 18.4 Å². The maximum atomic E-state index is 13.4. The summed E-state index contributed by atoms with van der Waals surface area (Å²) >= 11 is 0. The Morgan fingerprint density at radius 3 is 2.60 bits per heavy atom. The van der Waals surface area contributed by atoms with Gasteiger partial charge in [-0.05, 0) is 87.1 Å². The maximum absolute atomic E-state index is 13.4. The summed E-state index contributed by atoms with van der Waals surface area (Å²) in [6.07, 6.45) is -3.50. The molecule has 1 aliphatic rings. The summed E-state index contributed by atoms with van der Waals surface area (Å²) in [6.45, 7) is 5.63. The Morgan fingerprint density at radius 2 is 1.88 bits per heavy atom. The number of alkyl halides is 3. The van der Waals surface area contributed by atoms with Crippen LogP contribution in [0.15, 0.2) is 60.7 Å². The molecule has 4 aromatic rings. The molecule has 43 heavy (non-hydrogen) atoms. The van der Waals surface area contributed by atoms with Crippen molar-refractivity contribution in [3.05, 3.63) is 77.4 Å². The van der Waals surface area contributed by atoms with Crippen molar-refractivity contribution in [3.63, 3.8) is 0 Å². The number of carbonyl (C=O) groups is 2. The standard InChI is InChI=1S/C32H35F3N6O2/c1-19(2)28-31(43)39-25-11-10-23(36-13-6-14-40(3)4)17-24(25)29-38-26-16-21(9-12-27(26)41(28)29)30(42)37-18-20-7-5-8-22(15-20)32(33,34)35/h5,7-12,15-17,19,28,36H,6,13-14,18H2,1-4H3,(H,37,42)(H,39,43)/t28-/m1/s1. The summed E-state index contributed by atoms with van der Waals surface area (Å²) in [5.41, 5.74) is 3.46. The second kappa shape index (κ2) is 12.1. The minimum Gasteiger partial charge on any atom is -0.385 e. The molecule has 0 fully saturated rings. The summed E-state index contributed by atoms with van der Waals surface area (Å²) in [5, 5.41) is 9.22. The second-order valence-corrected chi connectivity index (χ2v) is 11.4. The summed E-state index contributed by atoms with van der Waals surface area (Å²) in [5.74, 6) is -0.0285. The van der Waals surface area contributed by atoms with Crippen LogP contribution in [0.2, 0.25) is 0 Å². The summed E-state index contributed by atoms with van der Waals surface area (Å²) in [6, 6.07) is 15.2. The van der Waals surface area contributed by atoms with E-state index in [1.54, 1.807) is 18.2 Å². The monoisotopic (exact) mass is 592 g/mol. The van der Waals surface area contributed by atoms with Gasteiger partial charge in [-0.3, -0.25) is 9.59 Å². The molecule has 11 heteroatoms. The summed E-state index contributed by atoms with van der Waals surface area (Å²) < 4.78 is 41.2. The largest absolute Gasteiger partial charge is 0.416 e. The number of amides is 2. The van der Waals surface area contributed by atoms with E-state index in [1.165, 1.54) is 12.1 Å². The van der Waals surface area contributed by atoms with Crippen LogP contribution in [0.5, 0.6) is 0 Å². The Bertz CT molecular complexity index is 1660. The molecule has 0 unspecified atom stereocenters. The molecule has 5 rings (SSSR count). The third-order valence-electron chi connectivity index (χ3n) is 7.47. The molecule has 0 bridgehead atoms. The van der Waals surface area contributed by atoms with Crippen molar-refractivity contribution >= 4 is 34.2 Å². The van der Waals surface area contributed by atoms with Crippen LogP contribution in [-0.4, -0.2) is 53.5 Å². The van der Waals surface area contributed by atoms with Crippen LogP contribution in [-0.2, 0) is 17.5 Å². The van der Waals surface area contributed by atoms with Crippen LogP contribution >= 0.6 is 0 Å². The normalized spacial score (nSPS) is 14.8. The molecule has 0 saturated carbocycles. The van der Waals surface area contributed by atoms with E-state index in [1.807, 2.05) is 50.7 Å². The van der Waals surface area contributed by atoms with Crippen molar-refractivity contribution in [2.24, 2.45) is 5.92 Å². The molecule has 0 saturated heterocycles. The number of benzene rings is 3. The minimum atomic E-state index is -4.46. The lowest BCUT2D eigenvalue weighted by atomic mass is 10.0. The predicted octanol–water partition coefficient (Wildman–Crippen LogP) is 6.16. The molecular weight excluding hydrogens is 557 g/mol. The number of aromatic nitrogens is 2. The topological polar surface area (TPSA) is 91.3 Å². The van der Waals surface area contributed by atoms with Gasteiger partial charge in [-0.15, -0.1) is 0 Å². The van der Waals surface area contributed by atoms with Gasteiger partial charge in [0, 0.05) is 29.9 Å². The molecule has 226 valence electrons. The molecule has 1 aromatic heterocycles. The number of fused-ring (bicyclic) bond motifs is 5. The maximum Gasteiger partial charge on any atom is 0.416 e. The second-order valence-electron chi connectivity index (χ2n) is 11.4. The van der Waals surface area contributed by atoms with E-state index in [2.05, 4.69) is 20.9 Å². The van der Waals surface area contributed by atoms with Crippen molar-refractivity contribution in [2.45, 2.75) is 39.0 Å². The lowest BCUT2D eigenvalue weighted by Crippen LogP contribution is -2.28. The zero-order valence-corrected chi connectivity index (χ0v) is 24.5. The average molecular weight is 593 g/mol. The lowest BCUT2D eigenvalue weighted by Gasteiger charge is -2.21. The van der Waals surface area contributed by atoms with Crippen molar-refractivity contribution in [1.29, 1.82) is 0 Å². The highest BCUT2D eigenvalue weighted by atomic mass is 19.4. The van der Waals surface area contributed by atoms with E-state index in [4.69, 9.17) is 4.98 Å². The van der Waals surface area contributed by atoms with E-state index in [0.29, 0.717) is 33.7 Å². The van der Waals surface area contributed by atoms with Gasteiger partial charge in [0.1, 0.15) is 11.9 Å². The van der Waals surface area contributed by atoms with Crippen LogP contribution in [0.1, 0.15) is 47.8 Å². The Labute approximate surface area is 248 Å². The van der Waals surface area contributed by atoms with Gasteiger partial charge in [0.25, 0.3) is 5.91 Å². The highest BCUT2D eigenvalue weighted by Crippen LogP contribution is 2.40. The van der Waals surface area contributed by atoms with Crippen molar-refractivity contribution in [1.82, 2.24) is 19.8 Å². The first-order valence-corrected chi connectivity index (χ1v) is 14.2. The van der Waals surface area contributed by atoms with Crippen LogP contribution < -0.4 is 16.0 Å². The van der Waals surface area contributed by atoms with Gasteiger partial charge in [0.2, 0.25) is 5.91 Å². The smallest absolute Gasteiger partial charge is 0.385 e. The average Bonchev–Trinajstić information content (AvgIpc) is 3.26. The molecule has 8 nitrogen and oxygen atoms in total. The first-order chi connectivity index (χ1) is 20.4. The van der Waals surface area contributed by atoms with Gasteiger partial charge in [-0.2, -0.15) is 13.2 Å². The quantitative estimate of drug-likeness (QED) is 0.203. The van der Waals surface area contributed by atoms with Crippen LogP contribution in [0, 0.1) is 5.92 Å². The van der Waals surface area contributed by atoms with Gasteiger partial charge >= 0.3 is 6.18 Å². The molecule has 2 heterocycles. The fraction of sp³-hybridized carbons (Fsp3) is 0.344. The minimum absolute atomic E-state index is 0.0514. The first kappa shape index (κ1) is 30.1. The highest BCUT2D eigenvalue weighted by molar-refractivity contribution is 6.03. The molecule has 0 aliphatic carbocycles. The molecular formula is C32H35F3N6O2. The number of imidazole rings is 1. The Kier molecular flexibility index (Phi) is 8.45. The van der Waals surface area contributed by atoms with Crippen molar-refractivity contribution in [2.75, 3.05) is 37.8 Å². The van der Waals surface area contributed by atoms with Crippen LogP contribution in [0.4, 0.5) is 24.5 Å². The fourth-order valence-electron chi connectivity index (χ4n) is 5.35. The molecule has 0 spiro atoms. The molecule has 3 N–H and O–H groups in total.